The van der Waals surface area contributed by atoms with Gasteiger partial charge in [0, 0.05) is 104 Å². The zero-order chi connectivity index (χ0) is 45.0. The van der Waals surface area contributed by atoms with E-state index in [1.54, 1.807) is 24.1 Å². The number of thiazole rings is 1. The fourth-order valence-corrected chi connectivity index (χ4v) is 14.3. The maximum atomic E-state index is 15.1. The molecule has 2 aliphatic carbocycles. The van der Waals surface area contributed by atoms with E-state index in [1.807, 2.05) is 31.0 Å². The van der Waals surface area contributed by atoms with E-state index in [0.29, 0.717) is 25.9 Å². The largest absolute Gasteiger partial charge is 0.464 e. The third-order valence-electron chi connectivity index (χ3n) is 15.1. The summed E-state index contributed by atoms with van der Waals surface area (Å²) in [4.78, 5) is 74.7. The lowest BCUT2D eigenvalue weighted by atomic mass is 9.67. The second-order valence-corrected chi connectivity index (χ2v) is 22.8. The molecule has 6 aliphatic rings. The van der Waals surface area contributed by atoms with Gasteiger partial charge in [-0.3, -0.25) is 24.4 Å². The molecule has 2 spiro atoms. The second-order valence-electron chi connectivity index (χ2n) is 20.1. The molecular formula is C48H60N8O6SSi. The van der Waals surface area contributed by atoms with Crippen molar-refractivity contribution in [3.05, 3.63) is 58.2 Å². The number of hydrogen-bond acceptors (Lipinski definition) is 11. The van der Waals surface area contributed by atoms with E-state index < -0.39 is 40.2 Å². The van der Waals surface area contributed by atoms with Crippen LogP contribution in [0.5, 0.6) is 0 Å². The van der Waals surface area contributed by atoms with Crippen LogP contribution in [-0.2, 0) is 36.8 Å². The Kier molecular flexibility index (Phi) is 10.8. The molecule has 4 aromatic rings. The molecular weight excluding hydrogens is 845 g/mol. The predicted octanol–water partition coefficient (Wildman–Crippen LogP) is 6.34. The van der Waals surface area contributed by atoms with E-state index >= 15 is 9.59 Å². The topological polar surface area (TPSA) is 142 Å². The zero-order valence-electron chi connectivity index (χ0n) is 38.3. The van der Waals surface area contributed by atoms with E-state index in [9.17, 15) is 9.59 Å². The number of ketones is 1. The summed E-state index contributed by atoms with van der Waals surface area (Å²) in [6.45, 7) is 13.9. The molecule has 1 saturated carbocycles. The molecule has 3 saturated heterocycles. The number of cyclic esters (lactones) is 1. The maximum absolute atomic E-state index is 15.1. The van der Waals surface area contributed by atoms with Gasteiger partial charge in [-0.15, -0.1) is 11.3 Å². The van der Waals surface area contributed by atoms with E-state index in [0.717, 1.165) is 82.2 Å². The van der Waals surface area contributed by atoms with Crippen molar-refractivity contribution in [2.75, 3.05) is 54.0 Å². The Hall–Kier alpha value is -4.48. The number of fused-ring (bicyclic) bond motifs is 8. The molecule has 3 aromatic heterocycles. The lowest BCUT2D eigenvalue weighted by Crippen LogP contribution is -2.61. The molecule has 2 radical (unpaired) electrons. The van der Waals surface area contributed by atoms with Gasteiger partial charge >= 0.3 is 12.0 Å². The Morgan fingerprint density at radius 2 is 1.94 bits per heavy atom. The van der Waals surface area contributed by atoms with E-state index in [-0.39, 0.29) is 57.6 Å². The van der Waals surface area contributed by atoms with E-state index in [4.69, 9.17) is 19.4 Å². The Balaban J connectivity index is 1.05. The number of aryl methyl sites for hydroxylation is 1. The molecule has 1 aromatic carbocycles. The number of nitrogens with one attached hydrogen (secondary N) is 1. The van der Waals surface area contributed by atoms with Crippen LogP contribution in [0, 0.1) is 11.3 Å². The first-order chi connectivity index (χ1) is 30.6. The average Bonchev–Trinajstić information content (AvgIpc) is 4.12. The highest BCUT2D eigenvalue weighted by atomic mass is 32.1. The summed E-state index contributed by atoms with van der Waals surface area (Å²) >= 11 is 1.51. The Morgan fingerprint density at radius 3 is 2.67 bits per heavy atom. The molecule has 4 fully saturated rings. The van der Waals surface area contributed by atoms with Gasteiger partial charge in [-0.2, -0.15) is 0 Å². The summed E-state index contributed by atoms with van der Waals surface area (Å²) in [5.74, 6) is -1.11. The molecule has 6 atom stereocenters. The van der Waals surface area contributed by atoms with Crippen molar-refractivity contribution in [1.82, 2.24) is 39.7 Å². The fourth-order valence-electron chi connectivity index (χ4n) is 11.7. The second kappa shape index (κ2) is 15.8. The van der Waals surface area contributed by atoms with Crippen LogP contribution >= 0.6 is 11.3 Å². The van der Waals surface area contributed by atoms with Crippen molar-refractivity contribution in [2.24, 2.45) is 11.3 Å². The summed E-state index contributed by atoms with van der Waals surface area (Å²) in [7, 11) is 5.58. The van der Waals surface area contributed by atoms with Crippen LogP contribution in [0.15, 0.2) is 41.9 Å². The van der Waals surface area contributed by atoms with Crippen LogP contribution in [0.3, 0.4) is 0 Å². The number of piperazine rings is 1. The van der Waals surface area contributed by atoms with Crippen LogP contribution in [0.4, 0.5) is 4.79 Å². The van der Waals surface area contributed by atoms with Crippen LogP contribution in [0.25, 0.3) is 33.4 Å². The molecule has 7 heterocycles. The Morgan fingerprint density at radius 1 is 1.14 bits per heavy atom. The number of aromatic nitrogens is 3. The number of hydrazine groups is 1. The van der Waals surface area contributed by atoms with Crippen LogP contribution in [0.1, 0.15) is 88.6 Å². The highest BCUT2D eigenvalue weighted by Gasteiger charge is 2.67. The summed E-state index contributed by atoms with van der Waals surface area (Å²) in [6.07, 6.45) is 4.71. The van der Waals surface area contributed by atoms with Gasteiger partial charge in [0.05, 0.1) is 54.8 Å². The number of carbonyl (C=O) groups excluding carboxylic acids is 4. The van der Waals surface area contributed by atoms with Gasteiger partial charge in [0.15, 0.2) is 5.78 Å². The number of pyridine rings is 1. The van der Waals surface area contributed by atoms with Crippen LogP contribution < -0.4 is 5.43 Å². The Labute approximate surface area is 381 Å². The number of amides is 3. The van der Waals surface area contributed by atoms with Crippen LogP contribution in [0.2, 0.25) is 10.6 Å². The summed E-state index contributed by atoms with van der Waals surface area (Å²) in [6, 6.07) is 9.05. The number of ether oxygens (including phenoxy) is 2. The monoisotopic (exact) mass is 904 g/mol. The van der Waals surface area contributed by atoms with E-state index in [2.05, 4.69) is 72.4 Å². The normalized spacial score (nSPS) is 27.6. The van der Waals surface area contributed by atoms with Crippen molar-refractivity contribution in [1.29, 1.82) is 0 Å². The number of urea groups is 1. The number of Topliss-reactive ketones (excluding diaryl/α,β-unsaturated/α-hetero) is 1. The quantitative estimate of drug-likeness (QED) is 0.172. The van der Waals surface area contributed by atoms with Gasteiger partial charge in [0.2, 0.25) is 5.91 Å². The molecule has 16 heteroatoms. The van der Waals surface area contributed by atoms with Gasteiger partial charge in [-0.05, 0) is 75.4 Å². The SMILES string of the molecule is CCn1c2c3c4cc(ccc41)-c1csc(n1)C[C@@]1([Si]C1C(=O)[C@H](C(C)C)N(C)C(=O)N1CCN(C)CC14CC4)C(=O)N1CCC[C@H](N1)C(=O)OCC(C)(C)C3[C@H](OC)c1ncccc1-2. The molecule has 6 bridgehead atoms. The summed E-state index contributed by atoms with van der Waals surface area (Å²) in [5.41, 5.74) is 8.87. The van der Waals surface area contributed by atoms with E-state index in [1.165, 1.54) is 11.3 Å². The minimum atomic E-state index is -1.06. The summed E-state index contributed by atoms with van der Waals surface area (Å²) < 4.78 is 15.0. The van der Waals surface area contributed by atoms with Gasteiger partial charge in [-0.25, -0.2) is 15.2 Å². The number of nitrogens with zero attached hydrogens (tertiary/aromatic N) is 7. The average molecular weight is 905 g/mol. The highest BCUT2D eigenvalue weighted by molar-refractivity contribution is 7.10. The van der Waals surface area contributed by atoms with Crippen molar-refractivity contribution in [3.8, 4) is 22.5 Å². The lowest BCUT2D eigenvalue weighted by Gasteiger charge is -2.44. The summed E-state index contributed by atoms with van der Waals surface area (Å²) in [5, 5.41) is 4.42. The van der Waals surface area contributed by atoms with Crippen molar-refractivity contribution in [3.63, 3.8) is 0 Å². The van der Waals surface area contributed by atoms with Crippen molar-refractivity contribution < 1.29 is 28.7 Å². The molecule has 1 N–H and O–H groups in total. The Bertz CT molecular complexity index is 2550. The molecule has 64 heavy (non-hydrogen) atoms. The molecule has 10 rings (SSSR count). The van der Waals surface area contributed by atoms with Gasteiger partial charge in [0.1, 0.15) is 12.1 Å². The fraction of sp³-hybridized carbons (Fsp3) is 0.583. The van der Waals surface area contributed by atoms with Gasteiger partial charge in [0.25, 0.3) is 0 Å². The standard InChI is InChI=1S/C48H60N8O6SSi/c1-9-54-33-15-14-28-22-30(33)35-36(41(61-8)37-29(39(35)54)12-10-18-49-37)46(4,5)26-62-43(58)31-13-11-19-56(51-31)44(59)48(23-34-50-32(28)24-63-34)42(64-48)40(57)38(27(2)3)53(7)45(60)55-21-20-52(6)25-47(55)16-17-47/h10,12,14-15,18,22,24,27,31,36,38,41-42,51H,9,11,13,16-17,19-21,23,25-26H2,1-8H3/t31-,36?,38-,41-,42?,48-/m0/s1. The number of likely N-dealkylation sites (N-methyl/N-ethyl adjacent to an activating group) is 2. The molecule has 14 nitrogen and oxygen atoms in total. The van der Waals surface area contributed by atoms with Crippen molar-refractivity contribution >= 4 is 55.5 Å². The molecule has 3 amide bonds. The van der Waals surface area contributed by atoms with Gasteiger partial charge in [-0.1, -0.05) is 33.8 Å². The van der Waals surface area contributed by atoms with Gasteiger partial charge < -0.3 is 28.7 Å². The third-order valence-corrected chi connectivity index (χ3v) is 17.9. The minimum Gasteiger partial charge on any atom is -0.464 e. The number of rotatable bonds is 6. The molecule has 2 unspecified atom stereocenters. The molecule has 4 aliphatic heterocycles. The number of benzene rings is 1. The maximum Gasteiger partial charge on any atom is 0.324 e. The van der Waals surface area contributed by atoms with Crippen molar-refractivity contribution in [2.45, 2.75) is 113 Å². The first-order valence-corrected chi connectivity index (χ1v) is 25.0. The highest BCUT2D eigenvalue weighted by Crippen LogP contribution is 2.62. The first-order valence-electron chi connectivity index (χ1n) is 23.0. The minimum absolute atomic E-state index is 0.000828. The lowest BCUT2D eigenvalue weighted by molar-refractivity contribution is -0.156. The first kappa shape index (κ1) is 43.4. The van der Waals surface area contributed by atoms with Crippen LogP contribution in [-0.4, -0.2) is 139 Å². The number of methoxy groups -OCH3 is 1. The third kappa shape index (κ3) is 6.87. The number of hydrogen-bond donors (Lipinski definition) is 1. The smallest absolute Gasteiger partial charge is 0.324 e. The molecule has 338 valence electrons. The zero-order valence-corrected chi connectivity index (χ0v) is 40.1. The number of esters is 1. The predicted molar refractivity (Wildman–Crippen MR) is 246 cm³/mol. The number of carbonyl (C=O) groups is 4.